The van der Waals surface area contributed by atoms with Crippen LogP contribution in [0.3, 0.4) is 0 Å². The van der Waals surface area contributed by atoms with Gasteiger partial charge in [-0.1, -0.05) is 6.92 Å². The first kappa shape index (κ1) is 14.5. The summed E-state index contributed by atoms with van der Waals surface area (Å²) in [6, 6.07) is 3.44. The lowest BCUT2D eigenvalue weighted by atomic mass is 10.1. The third-order valence-electron chi connectivity index (χ3n) is 3.82. The predicted molar refractivity (Wildman–Crippen MR) is 79.3 cm³/mol. The number of rotatable bonds is 4. The first-order chi connectivity index (χ1) is 9.42. The van der Waals surface area contributed by atoms with Crippen molar-refractivity contribution >= 4 is 17.3 Å². The maximum absolute atomic E-state index is 11.0. The maximum Gasteiger partial charge on any atom is 0.276 e. The fraction of sp³-hybridized carbons (Fsp3) is 0.615. The zero-order chi connectivity index (χ0) is 14.9. The number of hydrogen-bond acceptors (Lipinski definition) is 6. The number of nitro groups is 1. The smallest absolute Gasteiger partial charge is 0.276 e. The molecule has 0 bridgehead atoms. The molecule has 1 aromatic heterocycles. The van der Waals surface area contributed by atoms with Crippen molar-refractivity contribution in [2.24, 2.45) is 5.92 Å². The molecule has 0 aliphatic carbocycles. The average molecular weight is 279 g/mol. The molecule has 20 heavy (non-hydrogen) atoms. The highest BCUT2D eigenvalue weighted by Crippen LogP contribution is 2.28. The Morgan fingerprint density at radius 1 is 1.45 bits per heavy atom. The number of hydrogen-bond donors (Lipinski definition) is 1. The van der Waals surface area contributed by atoms with E-state index < -0.39 is 0 Å². The molecule has 1 aliphatic heterocycles. The third-order valence-corrected chi connectivity index (χ3v) is 3.82. The van der Waals surface area contributed by atoms with Crippen LogP contribution in [0, 0.1) is 16.0 Å². The van der Waals surface area contributed by atoms with Crippen LogP contribution in [-0.2, 0) is 0 Å². The Hall–Kier alpha value is -1.89. The van der Waals surface area contributed by atoms with Gasteiger partial charge in [-0.05, 0) is 20.0 Å². The van der Waals surface area contributed by atoms with Gasteiger partial charge in [0, 0.05) is 26.2 Å². The first-order valence-corrected chi connectivity index (χ1v) is 6.68. The van der Waals surface area contributed by atoms with E-state index in [1.807, 2.05) is 0 Å². The van der Waals surface area contributed by atoms with E-state index in [-0.39, 0.29) is 10.6 Å². The molecule has 7 nitrogen and oxygen atoms in total. The Kier molecular flexibility index (Phi) is 4.08. The van der Waals surface area contributed by atoms with Gasteiger partial charge in [0.15, 0.2) is 0 Å². The lowest BCUT2D eigenvalue weighted by Gasteiger charge is -2.22. The molecule has 1 saturated heterocycles. The van der Waals surface area contributed by atoms with Gasteiger partial charge >= 0.3 is 0 Å². The van der Waals surface area contributed by atoms with Gasteiger partial charge in [-0.15, -0.1) is 0 Å². The highest BCUT2D eigenvalue weighted by atomic mass is 16.6. The summed E-state index contributed by atoms with van der Waals surface area (Å²) in [4.78, 5) is 19.4. The molecule has 0 amide bonds. The van der Waals surface area contributed by atoms with E-state index in [0.717, 1.165) is 13.1 Å². The van der Waals surface area contributed by atoms with Crippen molar-refractivity contribution in [1.82, 2.24) is 9.88 Å². The SMILES string of the molecule is CNc1cc([N+](=O)[O-])cc(N2CC(C)C(N(C)C)C2)n1. The van der Waals surface area contributed by atoms with E-state index >= 15 is 0 Å². The summed E-state index contributed by atoms with van der Waals surface area (Å²) >= 11 is 0. The second-order valence-electron chi connectivity index (χ2n) is 5.49. The Morgan fingerprint density at radius 2 is 2.15 bits per heavy atom. The fourth-order valence-corrected chi connectivity index (χ4v) is 2.71. The summed E-state index contributed by atoms with van der Waals surface area (Å²) in [6.45, 7) is 3.90. The first-order valence-electron chi connectivity index (χ1n) is 6.68. The average Bonchev–Trinajstić information content (AvgIpc) is 2.80. The number of pyridine rings is 1. The van der Waals surface area contributed by atoms with Gasteiger partial charge < -0.3 is 15.1 Å². The molecular formula is C13H21N5O2. The molecule has 1 N–H and O–H groups in total. The van der Waals surface area contributed by atoms with E-state index in [4.69, 9.17) is 0 Å². The molecule has 0 radical (unpaired) electrons. The van der Waals surface area contributed by atoms with E-state index in [9.17, 15) is 10.1 Å². The molecular weight excluding hydrogens is 258 g/mol. The van der Waals surface area contributed by atoms with Crippen LogP contribution in [0.15, 0.2) is 12.1 Å². The minimum atomic E-state index is -0.380. The molecule has 1 fully saturated rings. The van der Waals surface area contributed by atoms with E-state index in [2.05, 4.69) is 41.1 Å². The zero-order valence-corrected chi connectivity index (χ0v) is 12.3. The molecule has 2 heterocycles. The maximum atomic E-state index is 11.0. The van der Waals surface area contributed by atoms with Gasteiger partial charge in [0.1, 0.15) is 11.6 Å². The van der Waals surface area contributed by atoms with E-state index in [1.54, 1.807) is 13.1 Å². The third kappa shape index (κ3) is 2.82. The van der Waals surface area contributed by atoms with Crippen LogP contribution in [0.1, 0.15) is 6.92 Å². The summed E-state index contributed by atoms with van der Waals surface area (Å²) in [5, 5.41) is 13.9. The predicted octanol–water partition coefficient (Wildman–Crippen LogP) is 1.42. The van der Waals surface area contributed by atoms with Crippen LogP contribution in [-0.4, -0.2) is 55.1 Å². The number of aromatic nitrogens is 1. The number of nitrogens with zero attached hydrogens (tertiary/aromatic N) is 4. The van der Waals surface area contributed by atoms with Gasteiger partial charge in [-0.3, -0.25) is 10.1 Å². The lowest BCUT2D eigenvalue weighted by Crippen LogP contribution is -2.34. The van der Waals surface area contributed by atoms with Crippen molar-refractivity contribution in [3.63, 3.8) is 0 Å². The summed E-state index contributed by atoms with van der Waals surface area (Å²) in [7, 11) is 5.83. The summed E-state index contributed by atoms with van der Waals surface area (Å²) in [6.07, 6.45) is 0. The molecule has 1 aliphatic rings. The summed E-state index contributed by atoms with van der Waals surface area (Å²) in [5.41, 5.74) is 0.0697. The molecule has 0 saturated carbocycles. The van der Waals surface area contributed by atoms with Crippen LogP contribution in [0.25, 0.3) is 0 Å². The summed E-state index contributed by atoms with van der Waals surface area (Å²) in [5.74, 6) is 1.69. The van der Waals surface area contributed by atoms with Gasteiger partial charge in [0.05, 0.1) is 17.1 Å². The van der Waals surface area contributed by atoms with Gasteiger partial charge in [0.2, 0.25) is 0 Å². The second kappa shape index (κ2) is 5.62. The molecule has 110 valence electrons. The molecule has 7 heteroatoms. The quantitative estimate of drug-likeness (QED) is 0.663. The number of anilines is 2. The fourth-order valence-electron chi connectivity index (χ4n) is 2.71. The molecule has 1 aromatic rings. The Bertz CT molecular complexity index is 506. The van der Waals surface area contributed by atoms with E-state index in [0.29, 0.717) is 23.6 Å². The second-order valence-corrected chi connectivity index (χ2v) is 5.49. The van der Waals surface area contributed by atoms with Crippen molar-refractivity contribution in [2.75, 3.05) is 44.4 Å². The van der Waals surface area contributed by atoms with Crippen molar-refractivity contribution in [2.45, 2.75) is 13.0 Å². The Balaban J connectivity index is 2.29. The molecule has 0 spiro atoms. The van der Waals surface area contributed by atoms with Crippen molar-refractivity contribution < 1.29 is 4.92 Å². The van der Waals surface area contributed by atoms with Crippen LogP contribution in [0.4, 0.5) is 17.3 Å². The monoisotopic (exact) mass is 279 g/mol. The Labute approximate surface area is 118 Å². The van der Waals surface area contributed by atoms with Crippen molar-refractivity contribution in [3.8, 4) is 0 Å². The Morgan fingerprint density at radius 3 is 2.65 bits per heavy atom. The standard InChI is InChI=1S/C13H21N5O2/c1-9-7-17(8-11(9)16(3)4)13-6-10(18(19)20)5-12(14-2)15-13/h5-6,9,11H,7-8H2,1-4H3,(H,14,15). The van der Waals surface area contributed by atoms with Gasteiger partial charge in [-0.25, -0.2) is 4.98 Å². The highest BCUT2D eigenvalue weighted by Gasteiger charge is 2.32. The van der Waals surface area contributed by atoms with Crippen LogP contribution < -0.4 is 10.2 Å². The molecule has 2 unspecified atom stereocenters. The number of nitrogens with one attached hydrogen (secondary N) is 1. The topological polar surface area (TPSA) is 74.5 Å². The largest absolute Gasteiger partial charge is 0.373 e. The van der Waals surface area contributed by atoms with Crippen molar-refractivity contribution in [1.29, 1.82) is 0 Å². The van der Waals surface area contributed by atoms with Crippen LogP contribution in [0.2, 0.25) is 0 Å². The van der Waals surface area contributed by atoms with Crippen LogP contribution in [0.5, 0.6) is 0 Å². The van der Waals surface area contributed by atoms with Gasteiger partial charge in [0.25, 0.3) is 5.69 Å². The lowest BCUT2D eigenvalue weighted by molar-refractivity contribution is -0.384. The minimum Gasteiger partial charge on any atom is -0.373 e. The van der Waals surface area contributed by atoms with E-state index in [1.165, 1.54) is 6.07 Å². The molecule has 0 aromatic carbocycles. The van der Waals surface area contributed by atoms with Crippen LogP contribution >= 0.6 is 0 Å². The van der Waals surface area contributed by atoms with Crippen molar-refractivity contribution in [3.05, 3.63) is 22.2 Å². The van der Waals surface area contributed by atoms with Gasteiger partial charge in [-0.2, -0.15) is 0 Å². The highest BCUT2D eigenvalue weighted by molar-refractivity contribution is 5.56. The normalized spacial score (nSPS) is 22.4. The minimum absolute atomic E-state index is 0.0697. The number of likely N-dealkylation sites (N-methyl/N-ethyl adjacent to an activating group) is 1. The summed E-state index contributed by atoms with van der Waals surface area (Å²) < 4.78 is 0. The molecule has 2 rings (SSSR count). The molecule has 2 atom stereocenters. The zero-order valence-electron chi connectivity index (χ0n) is 12.3.